The van der Waals surface area contributed by atoms with E-state index in [1.807, 2.05) is 7.05 Å². The minimum atomic E-state index is -3.68. The van der Waals surface area contributed by atoms with Crippen LogP contribution in [0.15, 0.2) is 41.8 Å². The average molecular weight is 292 g/mol. The number of nitrogens with zero attached hydrogens (tertiary/aromatic N) is 2. The molecule has 6 nitrogen and oxygen atoms in total. The minimum Gasteiger partial charge on any atom is -0.316 e. The average Bonchev–Trinajstić information content (AvgIpc) is 2.42. The molecule has 0 bridgehead atoms. The van der Waals surface area contributed by atoms with E-state index in [1.54, 1.807) is 31.5 Å². The van der Waals surface area contributed by atoms with Crippen LogP contribution in [0.5, 0.6) is 0 Å². The van der Waals surface area contributed by atoms with E-state index in [-0.39, 0.29) is 5.03 Å². The molecule has 0 aromatic carbocycles. The van der Waals surface area contributed by atoms with Crippen LogP contribution in [0.4, 0.5) is 5.69 Å². The van der Waals surface area contributed by atoms with Gasteiger partial charge in [-0.1, -0.05) is 6.07 Å². The fourth-order valence-electron chi connectivity index (χ4n) is 1.66. The molecule has 0 atom stereocenters. The van der Waals surface area contributed by atoms with E-state index in [4.69, 9.17) is 0 Å². The van der Waals surface area contributed by atoms with E-state index in [1.165, 1.54) is 12.3 Å². The Morgan fingerprint density at radius 3 is 2.60 bits per heavy atom. The van der Waals surface area contributed by atoms with Crippen LogP contribution in [-0.2, 0) is 16.6 Å². The van der Waals surface area contributed by atoms with Gasteiger partial charge in [0.15, 0.2) is 5.03 Å². The first-order valence-corrected chi connectivity index (χ1v) is 7.54. The Bertz CT molecular complexity index is 684. The van der Waals surface area contributed by atoms with E-state index >= 15 is 0 Å². The zero-order chi connectivity index (χ0) is 14.6. The zero-order valence-electron chi connectivity index (χ0n) is 11.3. The first-order chi connectivity index (χ1) is 9.53. The van der Waals surface area contributed by atoms with E-state index in [0.717, 1.165) is 11.1 Å². The largest absolute Gasteiger partial charge is 0.316 e. The molecule has 0 saturated heterocycles. The number of nitrogens with one attached hydrogen (secondary N) is 2. The number of aromatic nitrogens is 2. The van der Waals surface area contributed by atoms with Crippen LogP contribution in [0.25, 0.3) is 0 Å². The van der Waals surface area contributed by atoms with Gasteiger partial charge in [0.1, 0.15) is 0 Å². The van der Waals surface area contributed by atoms with Crippen LogP contribution in [0.1, 0.15) is 11.1 Å². The normalized spacial score (nSPS) is 11.3. The maximum Gasteiger partial charge on any atom is 0.279 e. The fraction of sp³-hybridized carbons (Fsp3) is 0.231. The molecule has 2 aromatic rings. The molecule has 0 saturated carbocycles. The highest BCUT2D eigenvalue weighted by Crippen LogP contribution is 2.17. The summed E-state index contributed by atoms with van der Waals surface area (Å²) in [5.74, 6) is 0. The number of rotatable bonds is 5. The summed E-state index contributed by atoms with van der Waals surface area (Å²) in [5.41, 5.74) is 2.18. The monoisotopic (exact) mass is 292 g/mol. The second-order valence-electron chi connectivity index (χ2n) is 4.33. The molecule has 0 aliphatic carbocycles. The predicted molar refractivity (Wildman–Crippen MR) is 76.8 cm³/mol. The molecule has 0 amide bonds. The molecule has 2 rings (SSSR count). The van der Waals surface area contributed by atoms with Gasteiger partial charge in [-0.25, -0.2) is 4.98 Å². The molecule has 0 aliphatic heterocycles. The Hall–Kier alpha value is -1.99. The Morgan fingerprint density at radius 2 is 2.00 bits per heavy atom. The van der Waals surface area contributed by atoms with Crippen molar-refractivity contribution < 1.29 is 8.42 Å². The second-order valence-corrected chi connectivity index (χ2v) is 5.96. The van der Waals surface area contributed by atoms with E-state index < -0.39 is 10.0 Å². The number of aryl methyl sites for hydroxylation is 1. The van der Waals surface area contributed by atoms with Gasteiger partial charge in [0.2, 0.25) is 0 Å². The van der Waals surface area contributed by atoms with Gasteiger partial charge in [0.25, 0.3) is 10.0 Å². The highest BCUT2D eigenvalue weighted by molar-refractivity contribution is 7.92. The van der Waals surface area contributed by atoms with Gasteiger partial charge in [-0.3, -0.25) is 9.71 Å². The molecule has 7 heteroatoms. The first kappa shape index (κ1) is 14.4. The number of hydrogen-bond donors (Lipinski definition) is 2. The molecular formula is C13H16N4O2S. The molecule has 20 heavy (non-hydrogen) atoms. The SMILES string of the molecule is CNCc1ccc(S(=O)(=O)Nc2ccncc2C)nc1. The predicted octanol–water partition coefficient (Wildman–Crippen LogP) is 1.31. The van der Waals surface area contributed by atoms with Crippen molar-refractivity contribution in [2.24, 2.45) is 0 Å². The summed E-state index contributed by atoms with van der Waals surface area (Å²) in [6.07, 6.45) is 4.68. The van der Waals surface area contributed by atoms with Crippen molar-refractivity contribution in [1.82, 2.24) is 15.3 Å². The summed E-state index contributed by atoms with van der Waals surface area (Å²) in [7, 11) is -1.86. The van der Waals surface area contributed by atoms with Gasteiger partial charge in [-0.15, -0.1) is 0 Å². The topological polar surface area (TPSA) is 84.0 Å². The number of pyridine rings is 2. The van der Waals surface area contributed by atoms with Crippen LogP contribution in [0, 0.1) is 6.92 Å². The van der Waals surface area contributed by atoms with Crippen molar-refractivity contribution >= 4 is 15.7 Å². The smallest absolute Gasteiger partial charge is 0.279 e. The van der Waals surface area contributed by atoms with Gasteiger partial charge < -0.3 is 5.32 Å². The van der Waals surface area contributed by atoms with Gasteiger partial charge in [0.05, 0.1) is 5.69 Å². The van der Waals surface area contributed by atoms with E-state index in [0.29, 0.717) is 12.2 Å². The van der Waals surface area contributed by atoms with Crippen LogP contribution in [0.3, 0.4) is 0 Å². The summed E-state index contributed by atoms with van der Waals surface area (Å²) in [6.45, 7) is 2.43. The lowest BCUT2D eigenvalue weighted by Crippen LogP contribution is -2.15. The summed E-state index contributed by atoms with van der Waals surface area (Å²) in [5, 5.41) is 2.97. The third-order valence-corrected chi connectivity index (χ3v) is 4.00. The molecule has 2 aromatic heterocycles. The number of hydrogen-bond acceptors (Lipinski definition) is 5. The van der Waals surface area contributed by atoms with E-state index in [9.17, 15) is 8.42 Å². The van der Waals surface area contributed by atoms with Gasteiger partial charge in [0, 0.05) is 25.1 Å². The summed E-state index contributed by atoms with van der Waals surface area (Å²) in [4.78, 5) is 7.91. The van der Waals surface area contributed by atoms with Crippen LogP contribution < -0.4 is 10.0 Å². The number of sulfonamides is 1. The lowest BCUT2D eigenvalue weighted by molar-refractivity contribution is 0.597. The molecule has 106 valence electrons. The quantitative estimate of drug-likeness (QED) is 0.868. The summed E-state index contributed by atoms with van der Waals surface area (Å²) < 4.78 is 26.9. The molecule has 0 unspecified atom stereocenters. The van der Waals surface area contributed by atoms with Crippen molar-refractivity contribution in [2.75, 3.05) is 11.8 Å². The molecule has 0 spiro atoms. The number of anilines is 1. The third-order valence-electron chi connectivity index (χ3n) is 2.72. The molecule has 0 aliphatic rings. The standard InChI is InChI=1S/C13H16N4O2S/c1-10-7-15-6-5-12(10)17-20(18,19)13-4-3-11(8-14-2)9-16-13/h3-7,9,14H,8H2,1-2H3,(H,15,17). The van der Waals surface area contributed by atoms with Crippen molar-refractivity contribution in [1.29, 1.82) is 0 Å². The Labute approximate surface area is 118 Å². The molecule has 0 fully saturated rings. The molecular weight excluding hydrogens is 276 g/mol. The van der Waals surface area contributed by atoms with Crippen LogP contribution in [0.2, 0.25) is 0 Å². The van der Waals surface area contributed by atoms with Gasteiger partial charge in [-0.2, -0.15) is 8.42 Å². The van der Waals surface area contributed by atoms with Crippen LogP contribution >= 0.6 is 0 Å². The lowest BCUT2D eigenvalue weighted by Gasteiger charge is -2.09. The Morgan fingerprint density at radius 1 is 1.20 bits per heavy atom. The second kappa shape index (κ2) is 5.98. The zero-order valence-corrected chi connectivity index (χ0v) is 12.1. The van der Waals surface area contributed by atoms with Gasteiger partial charge >= 0.3 is 0 Å². The third kappa shape index (κ3) is 3.31. The van der Waals surface area contributed by atoms with Crippen LogP contribution in [-0.4, -0.2) is 25.4 Å². The van der Waals surface area contributed by atoms with Crippen molar-refractivity contribution in [3.05, 3.63) is 47.9 Å². The molecule has 2 heterocycles. The summed E-state index contributed by atoms with van der Waals surface area (Å²) >= 11 is 0. The summed E-state index contributed by atoms with van der Waals surface area (Å²) in [6, 6.07) is 4.84. The van der Waals surface area contributed by atoms with Crippen molar-refractivity contribution in [3.63, 3.8) is 0 Å². The maximum atomic E-state index is 12.2. The molecule has 0 radical (unpaired) electrons. The minimum absolute atomic E-state index is 0.00596. The van der Waals surface area contributed by atoms with Crippen molar-refractivity contribution in [3.8, 4) is 0 Å². The Kier molecular flexibility index (Phi) is 4.31. The van der Waals surface area contributed by atoms with E-state index in [2.05, 4.69) is 20.0 Å². The highest BCUT2D eigenvalue weighted by Gasteiger charge is 2.16. The maximum absolute atomic E-state index is 12.2. The molecule has 2 N–H and O–H groups in total. The Balaban J connectivity index is 2.24. The van der Waals surface area contributed by atoms with Crippen molar-refractivity contribution in [2.45, 2.75) is 18.5 Å². The first-order valence-electron chi connectivity index (χ1n) is 6.06. The van der Waals surface area contributed by atoms with Gasteiger partial charge in [-0.05, 0) is 37.2 Å². The highest BCUT2D eigenvalue weighted by atomic mass is 32.2. The lowest BCUT2D eigenvalue weighted by atomic mass is 10.3. The fourth-order valence-corrected chi connectivity index (χ4v) is 2.73.